The molecule has 5 aliphatic carbocycles. The molecule has 0 bridgehead atoms. The maximum atomic E-state index is 12.9. The van der Waals surface area contributed by atoms with Crippen molar-refractivity contribution in [1.29, 1.82) is 0 Å². The molecule has 0 saturated heterocycles. The van der Waals surface area contributed by atoms with E-state index in [1.807, 2.05) is 13.0 Å². The lowest BCUT2D eigenvalue weighted by Gasteiger charge is -2.65. The van der Waals surface area contributed by atoms with Gasteiger partial charge in [-0.25, -0.2) is 0 Å². The van der Waals surface area contributed by atoms with Crippen LogP contribution in [0.3, 0.4) is 0 Å². The Morgan fingerprint density at radius 3 is 2.33 bits per heavy atom. The van der Waals surface area contributed by atoms with Crippen molar-refractivity contribution in [2.24, 2.45) is 27.6 Å². The molecule has 6 nitrogen and oxygen atoms in total. The molecule has 0 aromatic heterocycles. The van der Waals surface area contributed by atoms with Crippen molar-refractivity contribution in [2.45, 2.75) is 79.4 Å². The number of ketones is 1. The number of aliphatic hydroxyl groups excluding tert-OH is 3. The topological polar surface area (TPSA) is 104 Å². The smallest absolute Gasteiger partial charge is 0.314 e. The molecule has 194 valence electrons. The second kappa shape index (κ2) is 7.55. The van der Waals surface area contributed by atoms with Crippen LogP contribution in [0.4, 0.5) is 0 Å². The SMILES string of the molecule is COC(=O)C1(C)CC2C3(C)CCC4(C)C5=CC(=O)C(O)=C(C)C5=CC=C4C3=C(C)CC2(C)C(O)C1O. The summed E-state index contributed by atoms with van der Waals surface area (Å²) in [6, 6.07) is 0. The first-order valence-electron chi connectivity index (χ1n) is 12.9. The van der Waals surface area contributed by atoms with Gasteiger partial charge in [0.1, 0.15) is 0 Å². The summed E-state index contributed by atoms with van der Waals surface area (Å²) in [6.45, 7) is 12.1. The van der Waals surface area contributed by atoms with Crippen molar-refractivity contribution in [3.63, 3.8) is 0 Å². The Bertz CT molecular complexity index is 1250. The van der Waals surface area contributed by atoms with E-state index in [1.165, 1.54) is 23.8 Å². The maximum Gasteiger partial charge on any atom is 0.314 e. The van der Waals surface area contributed by atoms with Gasteiger partial charge in [-0.2, -0.15) is 0 Å². The molecule has 0 amide bonds. The Morgan fingerprint density at radius 1 is 1.03 bits per heavy atom. The molecule has 5 aliphatic rings. The van der Waals surface area contributed by atoms with Crippen LogP contribution in [0.1, 0.15) is 67.2 Å². The molecule has 0 aromatic rings. The predicted octanol–water partition coefficient (Wildman–Crippen LogP) is 4.65. The van der Waals surface area contributed by atoms with Gasteiger partial charge >= 0.3 is 5.97 Å². The fourth-order valence-corrected chi connectivity index (χ4v) is 8.57. The third kappa shape index (κ3) is 2.86. The van der Waals surface area contributed by atoms with Crippen molar-refractivity contribution < 1.29 is 29.6 Å². The minimum atomic E-state index is -1.21. The van der Waals surface area contributed by atoms with Crippen molar-refractivity contribution in [2.75, 3.05) is 7.11 Å². The van der Waals surface area contributed by atoms with Crippen molar-refractivity contribution in [3.8, 4) is 0 Å². The van der Waals surface area contributed by atoms with Gasteiger partial charge in [0.15, 0.2) is 5.76 Å². The van der Waals surface area contributed by atoms with E-state index in [1.54, 1.807) is 19.9 Å². The molecule has 6 heteroatoms. The summed E-state index contributed by atoms with van der Waals surface area (Å²) in [7, 11) is 1.33. The van der Waals surface area contributed by atoms with Gasteiger partial charge in [0.05, 0.1) is 24.7 Å². The van der Waals surface area contributed by atoms with Crippen LogP contribution in [0.25, 0.3) is 0 Å². The first kappa shape index (κ1) is 25.2. The fourth-order valence-electron chi connectivity index (χ4n) is 8.57. The second-order valence-electron chi connectivity index (χ2n) is 12.7. The lowest BCUT2D eigenvalue weighted by Crippen LogP contribution is -2.65. The summed E-state index contributed by atoms with van der Waals surface area (Å²) in [6.07, 6.45) is 6.11. The minimum absolute atomic E-state index is 0.0605. The van der Waals surface area contributed by atoms with E-state index < -0.39 is 29.0 Å². The quantitative estimate of drug-likeness (QED) is 0.459. The number of hydrogen-bond donors (Lipinski definition) is 3. The first-order valence-corrected chi connectivity index (χ1v) is 12.9. The summed E-state index contributed by atoms with van der Waals surface area (Å²) in [5.41, 5.74) is 3.56. The van der Waals surface area contributed by atoms with Gasteiger partial charge in [0.25, 0.3) is 0 Å². The molecule has 5 rings (SSSR count). The summed E-state index contributed by atoms with van der Waals surface area (Å²) < 4.78 is 5.10. The van der Waals surface area contributed by atoms with Gasteiger partial charge in [-0.15, -0.1) is 0 Å². The lowest BCUT2D eigenvalue weighted by molar-refractivity contribution is -0.213. The molecule has 7 atom stereocenters. The summed E-state index contributed by atoms with van der Waals surface area (Å²) in [4.78, 5) is 25.5. The predicted molar refractivity (Wildman–Crippen MR) is 136 cm³/mol. The van der Waals surface area contributed by atoms with E-state index in [4.69, 9.17) is 4.74 Å². The van der Waals surface area contributed by atoms with Gasteiger partial charge in [-0.1, -0.05) is 38.5 Å². The number of aliphatic hydroxyl groups is 3. The largest absolute Gasteiger partial charge is 0.504 e. The molecule has 7 unspecified atom stereocenters. The highest BCUT2D eigenvalue weighted by atomic mass is 16.5. The van der Waals surface area contributed by atoms with Crippen LogP contribution in [0.15, 0.2) is 57.4 Å². The molecule has 0 heterocycles. The molecule has 0 spiro atoms. The lowest BCUT2D eigenvalue weighted by atomic mass is 9.40. The van der Waals surface area contributed by atoms with E-state index in [2.05, 4.69) is 26.8 Å². The molecule has 0 aliphatic heterocycles. The van der Waals surface area contributed by atoms with Crippen LogP contribution in [0.2, 0.25) is 0 Å². The van der Waals surface area contributed by atoms with Crippen LogP contribution in [-0.4, -0.2) is 46.4 Å². The number of carbonyl (C=O) groups excluding carboxylic acids is 2. The molecule has 0 radical (unpaired) electrons. The summed E-state index contributed by atoms with van der Waals surface area (Å²) >= 11 is 0. The van der Waals surface area contributed by atoms with Crippen molar-refractivity contribution in [3.05, 3.63) is 57.4 Å². The average Bonchev–Trinajstić information content (AvgIpc) is 2.83. The standard InChI is InChI=1S/C30H38O6/c1-15-13-29(5)21(14-30(6,26(35)36-7)25(34)24(29)33)28(4)11-10-27(3)18(22(15)28)9-8-17-16(2)23(32)20(31)12-19(17)27/h8-9,12,21,24-25,32-34H,10-11,13-14H2,1-7H3. The third-order valence-corrected chi connectivity index (χ3v) is 10.7. The van der Waals surface area contributed by atoms with E-state index in [0.29, 0.717) is 18.4 Å². The second-order valence-corrected chi connectivity index (χ2v) is 12.7. The average molecular weight is 495 g/mol. The number of ether oxygens (including phenoxy) is 1. The molecule has 0 aromatic carbocycles. The number of methoxy groups -OCH3 is 1. The van der Waals surface area contributed by atoms with Crippen molar-refractivity contribution >= 4 is 11.8 Å². The van der Waals surface area contributed by atoms with Gasteiger partial charge in [0.2, 0.25) is 5.78 Å². The number of allylic oxidation sites excluding steroid dienone is 9. The summed E-state index contributed by atoms with van der Waals surface area (Å²) in [5.74, 6) is -1.09. The summed E-state index contributed by atoms with van der Waals surface area (Å²) in [5, 5.41) is 32.9. The Balaban J connectivity index is 1.69. The Kier molecular flexibility index (Phi) is 5.29. The van der Waals surface area contributed by atoms with Gasteiger partial charge in [-0.05, 0) is 86.2 Å². The fraction of sp³-hybridized carbons (Fsp3) is 0.600. The Morgan fingerprint density at radius 2 is 1.69 bits per heavy atom. The number of esters is 1. The number of carbonyl (C=O) groups is 2. The van der Waals surface area contributed by atoms with E-state index in [9.17, 15) is 24.9 Å². The Hall–Kier alpha value is -2.44. The maximum absolute atomic E-state index is 12.9. The number of hydrogen-bond acceptors (Lipinski definition) is 6. The minimum Gasteiger partial charge on any atom is -0.504 e. The molecular weight excluding hydrogens is 456 g/mol. The van der Waals surface area contributed by atoms with Gasteiger partial charge in [-0.3, -0.25) is 9.59 Å². The molecule has 36 heavy (non-hydrogen) atoms. The van der Waals surface area contributed by atoms with E-state index in [0.717, 1.165) is 24.0 Å². The molecule has 3 N–H and O–H groups in total. The van der Waals surface area contributed by atoms with Crippen molar-refractivity contribution in [1.82, 2.24) is 0 Å². The van der Waals surface area contributed by atoms with Crippen LogP contribution in [-0.2, 0) is 14.3 Å². The Labute approximate surface area is 213 Å². The molecular formula is C30H38O6. The van der Waals surface area contributed by atoms with Gasteiger partial charge in [0, 0.05) is 16.4 Å². The van der Waals surface area contributed by atoms with Crippen LogP contribution in [0.5, 0.6) is 0 Å². The third-order valence-electron chi connectivity index (χ3n) is 10.7. The van der Waals surface area contributed by atoms with Gasteiger partial charge < -0.3 is 20.1 Å². The molecule has 2 fully saturated rings. The highest BCUT2D eigenvalue weighted by Gasteiger charge is 2.67. The van der Waals surface area contributed by atoms with E-state index in [-0.39, 0.29) is 28.3 Å². The number of rotatable bonds is 1. The zero-order valence-corrected chi connectivity index (χ0v) is 22.4. The van der Waals surface area contributed by atoms with Crippen LogP contribution < -0.4 is 0 Å². The zero-order valence-electron chi connectivity index (χ0n) is 22.4. The van der Waals surface area contributed by atoms with E-state index >= 15 is 0 Å². The number of fused-ring (bicyclic) bond motifs is 7. The van der Waals surface area contributed by atoms with Crippen LogP contribution >= 0.6 is 0 Å². The highest BCUT2D eigenvalue weighted by molar-refractivity contribution is 6.06. The highest BCUT2D eigenvalue weighted by Crippen LogP contribution is 2.70. The molecule has 2 saturated carbocycles. The monoisotopic (exact) mass is 494 g/mol. The zero-order chi connectivity index (χ0) is 26.6. The first-order chi connectivity index (χ1) is 16.7. The van der Waals surface area contributed by atoms with Crippen LogP contribution in [0, 0.1) is 27.6 Å². The normalized spacial score (nSPS) is 44.0.